The zero-order valence-electron chi connectivity index (χ0n) is 7.16. The minimum Gasteiger partial charge on any atom is -0.508 e. The van der Waals surface area contributed by atoms with Crippen LogP contribution in [0.3, 0.4) is 0 Å². The molecule has 0 aromatic heterocycles. The molecule has 0 aliphatic heterocycles. The Morgan fingerprint density at radius 3 is 2.92 bits per heavy atom. The van der Waals surface area contributed by atoms with Crippen LogP contribution in [-0.4, -0.2) is 11.7 Å². The maximum atomic E-state index is 13.0. The Kier molecular flexibility index (Phi) is 2.08. The Bertz CT molecular complexity index is 308. The molecule has 1 N–H and O–H groups in total. The van der Waals surface area contributed by atoms with Crippen LogP contribution in [0.2, 0.25) is 0 Å². The molecule has 0 bridgehead atoms. The fourth-order valence-corrected chi connectivity index (χ4v) is 1.09. The Hall–Kier alpha value is -1.25. The van der Waals surface area contributed by atoms with Gasteiger partial charge in [-0.1, -0.05) is 0 Å². The first kappa shape index (κ1) is 8.35. The molecule has 70 valence electrons. The van der Waals surface area contributed by atoms with Gasteiger partial charge in [0.1, 0.15) is 5.75 Å². The normalized spacial score (nSPS) is 15.8. The highest BCUT2D eigenvalue weighted by atomic mass is 19.1. The van der Waals surface area contributed by atoms with Crippen molar-refractivity contribution < 1.29 is 14.2 Å². The van der Waals surface area contributed by atoms with Gasteiger partial charge in [-0.3, -0.25) is 0 Å². The highest BCUT2D eigenvalue weighted by Gasteiger charge is 2.22. The number of rotatable bonds is 3. The quantitative estimate of drug-likeness (QED) is 0.777. The first-order valence-corrected chi connectivity index (χ1v) is 4.37. The van der Waals surface area contributed by atoms with Gasteiger partial charge >= 0.3 is 0 Å². The van der Waals surface area contributed by atoms with Crippen LogP contribution in [0.15, 0.2) is 18.2 Å². The summed E-state index contributed by atoms with van der Waals surface area (Å²) in [5.41, 5.74) is 0. The zero-order valence-corrected chi connectivity index (χ0v) is 7.16. The summed E-state index contributed by atoms with van der Waals surface area (Å²) in [4.78, 5) is 0. The smallest absolute Gasteiger partial charge is 0.165 e. The predicted octanol–water partition coefficient (Wildman–Crippen LogP) is 2.32. The molecule has 1 aliphatic carbocycles. The number of benzene rings is 1. The molecule has 1 fully saturated rings. The molecule has 3 heteroatoms. The van der Waals surface area contributed by atoms with E-state index in [1.807, 2.05) is 0 Å². The van der Waals surface area contributed by atoms with E-state index in [1.165, 1.54) is 31.0 Å². The molecule has 0 spiro atoms. The molecule has 13 heavy (non-hydrogen) atoms. The third-order valence-electron chi connectivity index (χ3n) is 2.09. The summed E-state index contributed by atoms with van der Waals surface area (Å²) in [6, 6.07) is 3.81. The van der Waals surface area contributed by atoms with Crippen molar-refractivity contribution in [2.75, 3.05) is 6.61 Å². The third-order valence-corrected chi connectivity index (χ3v) is 2.09. The van der Waals surface area contributed by atoms with Gasteiger partial charge in [0.05, 0.1) is 6.61 Å². The molecule has 1 aromatic rings. The Labute approximate surface area is 76.0 Å². The van der Waals surface area contributed by atoms with Crippen LogP contribution in [-0.2, 0) is 0 Å². The van der Waals surface area contributed by atoms with Gasteiger partial charge in [0.2, 0.25) is 0 Å². The van der Waals surface area contributed by atoms with Crippen LogP contribution in [0.1, 0.15) is 12.8 Å². The SMILES string of the molecule is Oc1ccc(F)c(OCC2CC2)c1. The minimum atomic E-state index is -0.418. The lowest BCUT2D eigenvalue weighted by Gasteiger charge is -2.05. The molecule has 0 radical (unpaired) electrons. The molecule has 0 amide bonds. The average molecular weight is 182 g/mol. The molecule has 0 heterocycles. The van der Waals surface area contributed by atoms with Crippen molar-refractivity contribution in [2.24, 2.45) is 5.92 Å². The molecule has 0 saturated heterocycles. The van der Waals surface area contributed by atoms with Gasteiger partial charge in [0, 0.05) is 6.07 Å². The fourth-order valence-electron chi connectivity index (χ4n) is 1.09. The number of hydrogen-bond donors (Lipinski definition) is 1. The van der Waals surface area contributed by atoms with Gasteiger partial charge in [-0.25, -0.2) is 4.39 Å². The molecule has 2 rings (SSSR count). The van der Waals surface area contributed by atoms with Crippen LogP contribution in [0, 0.1) is 11.7 Å². The lowest BCUT2D eigenvalue weighted by atomic mass is 10.3. The van der Waals surface area contributed by atoms with Gasteiger partial charge in [-0.2, -0.15) is 0 Å². The van der Waals surface area contributed by atoms with E-state index in [1.54, 1.807) is 0 Å². The number of aromatic hydroxyl groups is 1. The first-order chi connectivity index (χ1) is 6.25. The van der Waals surface area contributed by atoms with Crippen molar-refractivity contribution in [3.8, 4) is 11.5 Å². The van der Waals surface area contributed by atoms with E-state index in [-0.39, 0.29) is 11.5 Å². The summed E-state index contributed by atoms with van der Waals surface area (Å²) in [5, 5.41) is 9.07. The average Bonchev–Trinajstić information content (AvgIpc) is 2.90. The van der Waals surface area contributed by atoms with E-state index in [0.717, 1.165) is 0 Å². The highest BCUT2D eigenvalue weighted by Crippen LogP contribution is 2.30. The maximum Gasteiger partial charge on any atom is 0.165 e. The Morgan fingerprint density at radius 2 is 2.23 bits per heavy atom. The van der Waals surface area contributed by atoms with Gasteiger partial charge in [0.25, 0.3) is 0 Å². The molecule has 0 atom stereocenters. The van der Waals surface area contributed by atoms with Crippen molar-refractivity contribution in [1.29, 1.82) is 0 Å². The number of halogens is 1. The van der Waals surface area contributed by atoms with Gasteiger partial charge in [-0.05, 0) is 30.9 Å². The fraction of sp³-hybridized carbons (Fsp3) is 0.400. The second-order valence-electron chi connectivity index (χ2n) is 3.37. The summed E-state index contributed by atoms with van der Waals surface area (Å²) in [6.07, 6.45) is 2.33. The van der Waals surface area contributed by atoms with Crippen molar-refractivity contribution in [3.05, 3.63) is 24.0 Å². The van der Waals surface area contributed by atoms with Crippen LogP contribution < -0.4 is 4.74 Å². The predicted molar refractivity (Wildman–Crippen MR) is 46.3 cm³/mol. The monoisotopic (exact) mass is 182 g/mol. The second kappa shape index (κ2) is 3.24. The van der Waals surface area contributed by atoms with Gasteiger partial charge in [-0.15, -0.1) is 0 Å². The van der Waals surface area contributed by atoms with E-state index in [4.69, 9.17) is 9.84 Å². The van der Waals surface area contributed by atoms with Crippen LogP contribution in [0.25, 0.3) is 0 Å². The standard InChI is InChI=1S/C10H11FO2/c11-9-4-3-8(12)5-10(9)13-6-7-1-2-7/h3-5,7,12H,1-2,6H2. The lowest BCUT2D eigenvalue weighted by Crippen LogP contribution is -2.00. The lowest BCUT2D eigenvalue weighted by molar-refractivity contribution is 0.283. The van der Waals surface area contributed by atoms with E-state index < -0.39 is 5.82 Å². The summed E-state index contributed by atoms with van der Waals surface area (Å²) < 4.78 is 18.2. The van der Waals surface area contributed by atoms with Crippen molar-refractivity contribution in [1.82, 2.24) is 0 Å². The van der Waals surface area contributed by atoms with Crippen molar-refractivity contribution in [3.63, 3.8) is 0 Å². The van der Waals surface area contributed by atoms with Gasteiger partial charge < -0.3 is 9.84 Å². The van der Waals surface area contributed by atoms with Crippen LogP contribution in [0.4, 0.5) is 4.39 Å². The molecule has 2 nitrogen and oxygen atoms in total. The molecular weight excluding hydrogens is 171 g/mol. The second-order valence-corrected chi connectivity index (χ2v) is 3.37. The number of hydrogen-bond acceptors (Lipinski definition) is 2. The Balaban J connectivity index is 2.03. The van der Waals surface area contributed by atoms with Crippen LogP contribution >= 0.6 is 0 Å². The molecule has 1 aromatic carbocycles. The van der Waals surface area contributed by atoms with Crippen molar-refractivity contribution >= 4 is 0 Å². The van der Waals surface area contributed by atoms with Gasteiger partial charge in [0.15, 0.2) is 11.6 Å². The van der Waals surface area contributed by atoms with E-state index in [2.05, 4.69) is 0 Å². The number of phenolic OH excluding ortho intramolecular Hbond substituents is 1. The summed E-state index contributed by atoms with van der Waals surface area (Å²) in [6.45, 7) is 0.556. The van der Waals surface area contributed by atoms with Crippen LogP contribution in [0.5, 0.6) is 11.5 Å². The first-order valence-electron chi connectivity index (χ1n) is 4.37. The Morgan fingerprint density at radius 1 is 1.46 bits per heavy atom. The summed E-state index contributed by atoms with van der Waals surface area (Å²) in [5.74, 6) is 0.347. The summed E-state index contributed by atoms with van der Waals surface area (Å²) >= 11 is 0. The number of ether oxygens (including phenoxy) is 1. The maximum absolute atomic E-state index is 13.0. The molecule has 1 saturated carbocycles. The largest absolute Gasteiger partial charge is 0.508 e. The van der Waals surface area contributed by atoms with E-state index >= 15 is 0 Å². The summed E-state index contributed by atoms with van der Waals surface area (Å²) in [7, 11) is 0. The third kappa shape index (κ3) is 2.11. The topological polar surface area (TPSA) is 29.5 Å². The molecule has 1 aliphatic rings. The van der Waals surface area contributed by atoms with Crippen molar-refractivity contribution in [2.45, 2.75) is 12.8 Å². The van der Waals surface area contributed by atoms with E-state index in [0.29, 0.717) is 12.5 Å². The van der Waals surface area contributed by atoms with E-state index in [9.17, 15) is 4.39 Å². The number of phenols is 1. The minimum absolute atomic E-state index is 0.0344. The zero-order chi connectivity index (χ0) is 9.26. The molecule has 0 unspecified atom stereocenters. The highest BCUT2D eigenvalue weighted by molar-refractivity contribution is 5.33. The molecular formula is C10H11FO2.